The number of nitrogen functional groups attached to an aromatic ring is 1. The van der Waals surface area contributed by atoms with Crippen LogP contribution in [0.5, 0.6) is 5.75 Å². The van der Waals surface area contributed by atoms with Crippen LogP contribution in [0.25, 0.3) is 0 Å². The van der Waals surface area contributed by atoms with Gasteiger partial charge in [0.15, 0.2) is 5.16 Å². The predicted octanol–water partition coefficient (Wildman–Crippen LogP) is 1.62. The Bertz CT molecular complexity index is 762. The van der Waals surface area contributed by atoms with Gasteiger partial charge in [0.2, 0.25) is 11.9 Å². The van der Waals surface area contributed by atoms with Crippen molar-refractivity contribution in [3.05, 3.63) is 36.4 Å². The number of methoxy groups -OCH3 is 1. The Kier molecular flexibility index (Phi) is 4.52. The summed E-state index contributed by atoms with van der Waals surface area (Å²) in [6.07, 6.45) is 1.45. The number of nitrogens with two attached hydrogens (primary N) is 1. The van der Waals surface area contributed by atoms with Gasteiger partial charge >= 0.3 is 0 Å². The van der Waals surface area contributed by atoms with Gasteiger partial charge in [-0.25, -0.2) is 4.98 Å². The molecule has 1 aromatic carbocycles. The molecule has 0 fully saturated rings. The molecule has 0 radical (unpaired) electrons. The lowest BCUT2D eigenvalue weighted by molar-refractivity contribution is 0.415. The number of H-pyrrole nitrogens is 1. The molecule has 0 aliphatic rings. The van der Waals surface area contributed by atoms with Crippen LogP contribution < -0.4 is 15.8 Å². The first kappa shape index (κ1) is 15.0. The van der Waals surface area contributed by atoms with Crippen LogP contribution in [0.15, 0.2) is 35.7 Å². The van der Waals surface area contributed by atoms with Crippen molar-refractivity contribution in [2.24, 2.45) is 0 Å². The second-order valence-electron chi connectivity index (χ2n) is 4.37. The van der Waals surface area contributed by atoms with Crippen molar-refractivity contribution in [3.63, 3.8) is 0 Å². The van der Waals surface area contributed by atoms with Crippen LogP contribution in [0, 0.1) is 0 Å². The summed E-state index contributed by atoms with van der Waals surface area (Å²) >= 11 is 1.43. The second-order valence-corrected chi connectivity index (χ2v) is 5.33. The topological polar surface area (TPSA) is 128 Å². The Hall–Kier alpha value is -2.88. The molecule has 2 heterocycles. The van der Waals surface area contributed by atoms with E-state index in [1.807, 2.05) is 24.3 Å². The fraction of sp³-hybridized carbons (Fsp3) is 0.154. The number of aromatic nitrogens is 6. The largest absolute Gasteiger partial charge is 0.497 e. The molecule has 0 saturated carbocycles. The lowest BCUT2D eigenvalue weighted by Crippen LogP contribution is -2.06. The molecule has 0 aliphatic heterocycles. The van der Waals surface area contributed by atoms with Crippen molar-refractivity contribution < 1.29 is 4.74 Å². The fourth-order valence-corrected chi connectivity index (χ4v) is 2.39. The van der Waals surface area contributed by atoms with E-state index in [1.54, 1.807) is 7.11 Å². The molecule has 4 N–H and O–H groups in total. The second kappa shape index (κ2) is 6.92. The number of nitrogens with one attached hydrogen (secondary N) is 2. The highest BCUT2D eigenvalue weighted by atomic mass is 32.2. The third-order valence-electron chi connectivity index (χ3n) is 2.78. The van der Waals surface area contributed by atoms with E-state index < -0.39 is 0 Å². The van der Waals surface area contributed by atoms with E-state index in [4.69, 9.17) is 10.5 Å². The van der Waals surface area contributed by atoms with Crippen LogP contribution in [0.3, 0.4) is 0 Å². The van der Waals surface area contributed by atoms with Gasteiger partial charge in [0.05, 0.1) is 12.9 Å². The molecule has 0 aliphatic carbocycles. The van der Waals surface area contributed by atoms with Crippen LogP contribution in [-0.4, -0.2) is 37.2 Å². The number of aromatic amines is 1. The van der Waals surface area contributed by atoms with Gasteiger partial charge in [0, 0.05) is 5.69 Å². The molecule has 0 spiro atoms. The molecule has 0 unspecified atom stereocenters. The predicted molar refractivity (Wildman–Crippen MR) is 86.5 cm³/mol. The number of benzene rings is 1. The Labute approximate surface area is 136 Å². The third-order valence-corrected chi connectivity index (χ3v) is 3.65. The SMILES string of the molecule is COc1ccc(Nc2nc(N)nc(CSc3ncn[nH]3)n2)cc1. The fourth-order valence-electron chi connectivity index (χ4n) is 1.76. The molecular weight excluding hydrogens is 316 g/mol. The van der Waals surface area contributed by atoms with Crippen molar-refractivity contribution in [1.29, 1.82) is 0 Å². The highest BCUT2D eigenvalue weighted by molar-refractivity contribution is 7.98. The summed E-state index contributed by atoms with van der Waals surface area (Å²) in [7, 11) is 1.62. The Morgan fingerprint density at radius 1 is 1.22 bits per heavy atom. The van der Waals surface area contributed by atoms with E-state index in [1.165, 1.54) is 18.1 Å². The van der Waals surface area contributed by atoms with Gasteiger partial charge in [-0.15, -0.1) is 0 Å². The summed E-state index contributed by atoms with van der Waals surface area (Å²) in [5.74, 6) is 2.36. The first-order valence-corrected chi connectivity index (χ1v) is 7.61. The van der Waals surface area contributed by atoms with Crippen molar-refractivity contribution in [1.82, 2.24) is 30.1 Å². The summed E-state index contributed by atoms with van der Waals surface area (Å²) in [4.78, 5) is 16.6. The van der Waals surface area contributed by atoms with Crippen molar-refractivity contribution >= 4 is 29.3 Å². The van der Waals surface area contributed by atoms with Crippen LogP contribution in [0.4, 0.5) is 17.6 Å². The molecule has 0 saturated heterocycles. The zero-order valence-electron chi connectivity index (χ0n) is 12.2. The number of rotatable bonds is 6. The van der Waals surface area contributed by atoms with E-state index in [0.29, 0.717) is 22.7 Å². The molecule has 3 aromatic rings. The Morgan fingerprint density at radius 2 is 2.04 bits per heavy atom. The number of nitrogens with zero attached hydrogens (tertiary/aromatic N) is 5. The maximum atomic E-state index is 5.74. The average molecular weight is 330 g/mol. The Morgan fingerprint density at radius 3 is 2.74 bits per heavy atom. The first-order valence-electron chi connectivity index (χ1n) is 6.62. The van der Waals surface area contributed by atoms with Gasteiger partial charge in [-0.1, -0.05) is 11.8 Å². The molecule has 3 rings (SSSR count). The molecule has 2 aromatic heterocycles. The monoisotopic (exact) mass is 330 g/mol. The summed E-state index contributed by atoms with van der Waals surface area (Å²) < 4.78 is 5.12. The van der Waals surface area contributed by atoms with E-state index in [0.717, 1.165) is 11.4 Å². The van der Waals surface area contributed by atoms with E-state index in [-0.39, 0.29) is 5.95 Å². The highest BCUT2D eigenvalue weighted by Crippen LogP contribution is 2.20. The average Bonchev–Trinajstić information content (AvgIpc) is 3.07. The zero-order valence-corrected chi connectivity index (χ0v) is 13.0. The van der Waals surface area contributed by atoms with Crippen molar-refractivity contribution in [2.75, 3.05) is 18.2 Å². The van der Waals surface area contributed by atoms with E-state index in [2.05, 4.69) is 35.5 Å². The third kappa shape index (κ3) is 4.07. The summed E-state index contributed by atoms with van der Waals surface area (Å²) in [5, 5.41) is 10.3. The van der Waals surface area contributed by atoms with Gasteiger partial charge in [-0.05, 0) is 24.3 Å². The molecule has 0 amide bonds. The molecule has 118 valence electrons. The number of hydrogen-bond acceptors (Lipinski definition) is 9. The number of hydrogen-bond donors (Lipinski definition) is 3. The summed E-state index contributed by atoms with van der Waals surface area (Å²) in [6, 6.07) is 7.41. The van der Waals surface area contributed by atoms with E-state index >= 15 is 0 Å². The number of anilines is 3. The van der Waals surface area contributed by atoms with Gasteiger partial charge in [0.25, 0.3) is 0 Å². The van der Waals surface area contributed by atoms with Crippen LogP contribution in [0.2, 0.25) is 0 Å². The zero-order chi connectivity index (χ0) is 16.1. The lowest BCUT2D eigenvalue weighted by atomic mass is 10.3. The maximum absolute atomic E-state index is 5.74. The minimum Gasteiger partial charge on any atom is -0.497 e. The van der Waals surface area contributed by atoms with Gasteiger partial charge in [-0.2, -0.15) is 20.1 Å². The van der Waals surface area contributed by atoms with Crippen LogP contribution >= 0.6 is 11.8 Å². The van der Waals surface area contributed by atoms with Crippen LogP contribution in [0.1, 0.15) is 5.82 Å². The molecule has 10 heteroatoms. The van der Waals surface area contributed by atoms with Gasteiger partial charge in [-0.3, -0.25) is 5.10 Å². The number of ether oxygens (including phenoxy) is 1. The van der Waals surface area contributed by atoms with Gasteiger partial charge in [0.1, 0.15) is 17.9 Å². The number of thioether (sulfide) groups is 1. The molecular formula is C13H14N8OS. The molecule has 9 nitrogen and oxygen atoms in total. The summed E-state index contributed by atoms with van der Waals surface area (Å²) in [6.45, 7) is 0. The summed E-state index contributed by atoms with van der Waals surface area (Å²) in [5.41, 5.74) is 6.56. The molecule has 0 bridgehead atoms. The van der Waals surface area contributed by atoms with Gasteiger partial charge < -0.3 is 15.8 Å². The van der Waals surface area contributed by atoms with E-state index in [9.17, 15) is 0 Å². The standard InChI is InChI=1S/C13H14N8OS/c1-22-9-4-2-8(3-5-9)17-12-19-10(18-11(14)20-12)6-23-13-15-7-16-21-13/h2-5,7H,6H2,1H3,(H,15,16,21)(H3,14,17,18,19,20). The lowest BCUT2D eigenvalue weighted by Gasteiger charge is -2.07. The Balaban J connectivity index is 1.71. The smallest absolute Gasteiger partial charge is 0.232 e. The minimum absolute atomic E-state index is 0.157. The maximum Gasteiger partial charge on any atom is 0.232 e. The molecule has 23 heavy (non-hydrogen) atoms. The first-order chi connectivity index (χ1) is 11.2. The van der Waals surface area contributed by atoms with Crippen molar-refractivity contribution in [2.45, 2.75) is 10.9 Å². The van der Waals surface area contributed by atoms with Crippen LogP contribution in [-0.2, 0) is 5.75 Å². The highest BCUT2D eigenvalue weighted by Gasteiger charge is 2.07. The molecule has 0 atom stereocenters. The minimum atomic E-state index is 0.157. The quantitative estimate of drug-likeness (QED) is 0.577. The van der Waals surface area contributed by atoms with Crippen molar-refractivity contribution in [3.8, 4) is 5.75 Å². The normalized spacial score (nSPS) is 10.5.